The van der Waals surface area contributed by atoms with Gasteiger partial charge in [-0.25, -0.2) is 15.0 Å². The molecule has 1 saturated heterocycles. The van der Waals surface area contributed by atoms with Crippen LogP contribution in [0.3, 0.4) is 0 Å². The highest BCUT2D eigenvalue weighted by molar-refractivity contribution is 5.81. The third kappa shape index (κ3) is 2.03. The van der Waals surface area contributed by atoms with Gasteiger partial charge in [-0.1, -0.05) is 0 Å². The largest absolute Gasteiger partial charge is 0.394 e. The van der Waals surface area contributed by atoms with E-state index in [9.17, 15) is 5.11 Å². The smallest absolute Gasteiger partial charge is 0.165 e. The van der Waals surface area contributed by atoms with Crippen molar-refractivity contribution >= 4 is 17.0 Å². The van der Waals surface area contributed by atoms with Crippen LogP contribution in [-0.2, 0) is 4.74 Å². The van der Waals surface area contributed by atoms with E-state index in [4.69, 9.17) is 15.6 Å². The third-order valence-corrected chi connectivity index (χ3v) is 3.41. The molecule has 0 bridgehead atoms. The van der Waals surface area contributed by atoms with Crippen molar-refractivity contribution in [3.63, 3.8) is 0 Å². The molecule has 102 valence electrons. The van der Waals surface area contributed by atoms with E-state index in [0.717, 1.165) is 0 Å². The molecular weight excluding hydrogens is 250 g/mol. The Morgan fingerprint density at radius 3 is 3.00 bits per heavy atom. The summed E-state index contributed by atoms with van der Waals surface area (Å²) in [4.78, 5) is 12.2. The van der Waals surface area contributed by atoms with Gasteiger partial charge in [-0.2, -0.15) is 0 Å². The molecule has 8 nitrogen and oxygen atoms in total. The van der Waals surface area contributed by atoms with Gasteiger partial charge in [0.25, 0.3) is 0 Å². The molecule has 19 heavy (non-hydrogen) atoms. The fraction of sp³-hybridized carbons (Fsp3) is 0.545. The van der Waals surface area contributed by atoms with Crippen LogP contribution in [-0.4, -0.2) is 55.2 Å². The van der Waals surface area contributed by atoms with Crippen LogP contribution in [0.25, 0.3) is 11.2 Å². The molecule has 8 heteroatoms. The average Bonchev–Trinajstić information content (AvgIpc) is 2.84. The van der Waals surface area contributed by atoms with Crippen molar-refractivity contribution in [2.75, 3.05) is 18.9 Å². The van der Waals surface area contributed by atoms with Crippen molar-refractivity contribution in [1.29, 1.82) is 0 Å². The summed E-state index contributed by atoms with van der Waals surface area (Å²) in [5.74, 6) is 0.328. The van der Waals surface area contributed by atoms with E-state index in [1.165, 1.54) is 6.33 Å². The Hall–Kier alpha value is -1.77. The normalized spacial score (nSPS) is 27.8. The van der Waals surface area contributed by atoms with Crippen molar-refractivity contribution in [3.05, 3.63) is 12.7 Å². The summed E-state index contributed by atoms with van der Waals surface area (Å²) in [5, 5.41) is 18.9. The first kappa shape index (κ1) is 12.3. The molecular formula is C11H15N5O3. The van der Waals surface area contributed by atoms with E-state index < -0.39 is 12.2 Å². The maximum Gasteiger partial charge on any atom is 0.165 e. The number of ether oxygens (including phenoxy) is 1. The highest BCUT2D eigenvalue weighted by atomic mass is 16.5. The Balaban J connectivity index is 1.91. The van der Waals surface area contributed by atoms with Gasteiger partial charge in [-0.05, 0) is 6.42 Å². The van der Waals surface area contributed by atoms with Gasteiger partial charge in [0.1, 0.15) is 17.9 Å². The van der Waals surface area contributed by atoms with Crippen LogP contribution in [0.15, 0.2) is 12.7 Å². The number of rotatable bonds is 2. The van der Waals surface area contributed by atoms with E-state index in [1.54, 1.807) is 6.33 Å². The van der Waals surface area contributed by atoms with Gasteiger partial charge >= 0.3 is 0 Å². The number of fused-ring (bicyclic) bond motifs is 1. The molecule has 3 atom stereocenters. The first-order valence-electron chi connectivity index (χ1n) is 6.04. The zero-order valence-corrected chi connectivity index (χ0v) is 10.2. The summed E-state index contributed by atoms with van der Waals surface area (Å²) in [6, 6.07) is -0.0860. The second-order valence-corrected chi connectivity index (χ2v) is 4.59. The predicted molar refractivity (Wildman–Crippen MR) is 66.2 cm³/mol. The lowest BCUT2D eigenvalue weighted by molar-refractivity contribution is -0.112. The van der Waals surface area contributed by atoms with Gasteiger partial charge in [0, 0.05) is 0 Å². The molecule has 1 fully saturated rings. The number of anilines is 1. The standard InChI is InChI=1S/C11H15N5O3/c12-10-9-11(14-4-13-10)16(5-15-9)6-1-7(18)8(2-17)19-3-6/h4-8,17-18H,1-3H2,(H2,12,13,14)/t6-,7+,8-/m1/s1. The van der Waals surface area contributed by atoms with Crippen LogP contribution in [0.1, 0.15) is 12.5 Å². The Bertz CT molecular complexity index is 587. The van der Waals surface area contributed by atoms with Crippen LogP contribution in [0.5, 0.6) is 0 Å². The fourth-order valence-electron chi connectivity index (χ4n) is 2.35. The molecule has 0 aliphatic carbocycles. The topological polar surface area (TPSA) is 119 Å². The molecule has 0 spiro atoms. The first-order chi connectivity index (χ1) is 9.20. The quantitative estimate of drug-likeness (QED) is 0.643. The van der Waals surface area contributed by atoms with E-state index in [1.807, 2.05) is 4.57 Å². The van der Waals surface area contributed by atoms with Gasteiger partial charge in [0.05, 0.1) is 31.7 Å². The Kier molecular flexibility index (Phi) is 3.05. The zero-order chi connectivity index (χ0) is 13.4. The second kappa shape index (κ2) is 4.72. The molecule has 2 aromatic rings. The van der Waals surface area contributed by atoms with Crippen LogP contribution in [0, 0.1) is 0 Å². The number of nitrogen functional groups attached to an aromatic ring is 1. The molecule has 0 saturated carbocycles. The van der Waals surface area contributed by atoms with E-state index >= 15 is 0 Å². The maximum absolute atomic E-state index is 9.89. The number of hydrogen-bond donors (Lipinski definition) is 3. The summed E-state index contributed by atoms with van der Waals surface area (Å²) in [6.07, 6.45) is 2.24. The van der Waals surface area contributed by atoms with Crippen LogP contribution >= 0.6 is 0 Å². The molecule has 0 unspecified atom stereocenters. The Morgan fingerprint density at radius 1 is 1.42 bits per heavy atom. The molecule has 0 radical (unpaired) electrons. The molecule has 1 aliphatic heterocycles. The number of nitrogens with two attached hydrogens (primary N) is 1. The van der Waals surface area contributed by atoms with Gasteiger partial charge < -0.3 is 25.3 Å². The highest BCUT2D eigenvalue weighted by Crippen LogP contribution is 2.27. The molecule has 0 amide bonds. The number of hydrogen-bond acceptors (Lipinski definition) is 7. The SMILES string of the molecule is Nc1ncnc2c1ncn2[C@H]1CO[C@H](CO)[C@@H](O)C1. The van der Waals surface area contributed by atoms with E-state index in [-0.39, 0.29) is 12.6 Å². The molecule has 4 N–H and O–H groups in total. The minimum Gasteiger partial charge on any atom is -0.394 e. The summed E-state index contributed by atoms with van der Waals surface area (Å²) >= 11 is 0. The summed E-state index contributed by atoms with van der Waals surface area (Å²) < 4.78 is 7.26. The summed E-state index contributed by atoms with van der Waals surface area (Å²) in [6.45, 7) is 0.200. The Morgan fingerprint density at radius 2 is 2.26 bits per heavy atom. The van der Waals surface area contributed by atoms with Crippen LogP contribution in [0.4, 0.5) is 5.82 Å². The maximum atomic E-state index is 9.89. The van der Waals surface area contributed by atoms with Gasteiger partial charge in [0.15, 0.2) is 11.5 Å². The lowest BCUT2D eigenvalue weighted by atomic mass is 10.0. The zero-order valence-electron chi connectivity index (χ0n) is 10.2. The number of aromatic nitrogens is 4. The van der Waals surface area contributed by atoms with Gasteiger partial charge in [0.2, 0.25) is 0 Å². The van der Waals surface area contributed by atoms with Crippen molar-refractivity contribution in [2.45, 2.75) is 24.7 Å². The minimum atomic E-state index is -0.708. The van der Waals surface area contributed by atoms with Crippen LogP contribution in [0.2, 0.25) is 0 Å². The number of aliphatic hydroxyl groups excluding tert-OH is 2. The van der Waals surface area contributed by atoms with Crippen LogP contribution < -0.4 is 5.73 Å². The molecule has 0 aromatic carbocycles. The number of nitrogens with zero attached hydrogens (tertiary/aromatic N) is 4. The van der Waals surface area contributed by atoms with E-state index in [0.29, 0.717) is 30.0 Å². The molecule has 3 rings (SSSR count). The fourth-order valence-corrected chi connectivity index (χ4v) is 2.35. The summed E-state index contributed by atoms with van der Waals surface area (Å²) in [5.41, 5.74) is 6.89. The van der Waals surface area contributed by atoms with Crippen molar-refractivity contribution in [3.8, 4) is 0 Å². The Labute approximate surface area is 108 Å². The second-order valence-electron chi connectivity index (χ2n) is 4.59. The minimum absolute atomic E-state index is 0.0860. The van der Waals surface area contributed by atoms with Crippen molar-refractivity contribution < 1.29 is 14.9 Å². The van der Waals surface area contributed by atoms with E-state index in [2.05, 4.69) is 15.0 Å². The molecule has 3 heterocycles. The summed E-state index contributed by atoms with van der Waals surface area (Å²) in [7, 11) is 0. The lowest BCUT2D eigenvalue weighted by Gasteiger charge is -2.32. The molecule has 2 aromatic heterocycles. The monoisotopic (exact) mass is 265 g/mol. The third-order valence-electron chi connectivity index (χ3n) is 3.41. The predicted octanol–water partition coefficient (Wildman–Crippen LogP) is -0.908. The lowest BCUT2D eigenvalue weighted by Crippen LogP contribution is -2.41. The number of imidazole rings is 1. The average molecular weight is 265 g/mol. The van der Waals surface area contributed by atoms with Crippen molar-refractivity contribution in [2.24, 2.45) is 0 Å². The first-order valence-corrected chi connectivity index (χ1v) is 6.04. The number of aliphatic hydroxyl groups is 2. The van der Waals surface area contributed by atoms with Gasteiger partial charge in [-0.15, -0.1) is 0 Å². The van der Waals surface area contributed by atoms with Gasteiger partial charge in [-0.3, -0.25) is 0 Å². The van der Waals surface area contributed by atoms with Crippen molar-refractivity contribution in [1.82, 2.24) is 19.5 Å². The molecule has 1 aliphatic rings. The highest BCUT2D eigenvalue weighted by Gasteiger charge is 2.31.